The fourth-order valence-corrected chi connectivity index (χ4v) is 2.83. The summed E-state index contributed by atoms with van der Waals surface area (Å²) in [5.41, 5.74) is 2.75. The maximum atomic E-state index is 12.6. The molecule has 2 N–H and O–H groups in total. The third kappa shape index (κ3) is 5.34. The number of para-hydroxylation sites is 1. The molecule has 0 fully saturated rings. The van der Waals surface area contributed by atoms with Crippen LogP contribution in [-0.4, -0.2) is 18.9 Å². The molecule has 5 heteroatoms. The highest BCUT2D eigenvalue weighted by Gasteiger charge is 2.18. The highest BCUT2D eigenvalue weighted by atomic mass is 16.5. The van der Waals surface area contributed by atoms with Gasteiger partial charge < -0.3 is 15.4 Å². The molecule has 5 nitrogen and oxygen atoms in total. The summed E-state index contributed by atoms with van der Waals surface area (Å²) in [6, 6.07) is 14.7. The lowest BCUT2D eigenvalue weighted by Crippen LogP contribution is -2.29. The molecule has 2 aromatic carbocycles. The summed E-state index contributed by atoms with van der Waals surface area (Å²) in [5.74, 6) is 0.707. The molecule has 26 heavy (non-hydrogen) atoms. The summed E-state index contributed by atoms with van der Waals surface area (Å²) in [6.07, 6.45) is 0.151. The van der Waals surface area contributed by atoms with Crippen molar-refractivity contribution in [2.75, 3.05) is 12.4 Å². The molecule has 1 atom stereocenters. The van der Waals surface area contributed by atoms with Gasteiger partial charge in [0.1, 0.15) is 5.75 Å². The number of carbonyl (C=O) groups excluding carboxylic acids is 2. The van der Waals surface area contributed by atoms with E-state index in [1.807, 2.05) is 48.5 Å². The lowest BCUT2D eigenvalue weighted by Gasteiger charge is -2.19. The molecule has 0 aliphatic rings. The zero-order valence-electron chi connectivity index (χ0n) is 15.7. The lowest BCUT2D eigenvalue weighted by atomic mass is 10.00. The Morgan fingerprint density at radius 2 is 1.69 bits per heavy atom. The van der Waals surface area contributed by atoms with Crippen LogP contribution in [0.25, 0.3) is 0 Å². The van der Waals surface area contributed by atoms with Crippen molar-refractivity contribution >= 4 is 17.5 Å². The number of rotatable bonds is 7. The van der Waals surface area contributed by atoms with E-state index < -0.39 is 6.04 Å². The monoisotopic (exact) mass is 354 g/mol. The minimum atomic E-state index is -0.399. The lowest BCUT2D eigenvalue weighted by molar-refractivity contribution is -0.120. The third-order valence-electron chi connectivity index (χ3n) is 4.14. The van der Waals surface area contributed by atoms with Gasteiger partial charge in [-0.25, -0.2) is 0 Å². The third-order valence-corrected chi connectivity index (χ3v) is 4.14. The molecule has 138 valence electrons. The van der Waals surface area contributed by atoms with Crippen LogP contribution in [0.2, 0.25) is 0 Å². The summed E-state index contributed by atoms with van der Waals surface area (Å²) in [4.78, 5) is 24.2. The first-order valence-corrected chi connectivity index (χ1v) is 8.70. The molecule has 0 bridgehead atoms. The van der Waals surface area contributed by atoms with Gasteiger partial charge >= 0.3 is 0 Å². The fraction of sp³-hybridized carbons (Fsp3) is 0.333. The number of hydrogen-bond acceptors (Lipinski definition) is 3. The number of hydrogen-bond donors (Lipinski definition) is 2. The molecular formula is C21H26N2O3. The van der Waals surface area contributed by atoms with Crippen molar-refractivity contribution in [3.05, 3.63) is 59.7 Å². The van der Waals surface area contributed by atoms with Gasteiger partial charge in [-0.3, -0.25) is 9.59 Å². The average molecular weight is 354 g/mol. The molecule has 0 aliphatic heterocycles. The topological polar surface area (TPSA) is 67.4 Å². The first kappa shape index (κ1) is 19.5. The van der Waals surface area contributed by atoms with Crippen LogP contribution in [0.5, 0.6) is 5.75 Å². The highest BCUT2D eigenvalue weighted by molar-refractivity contribution is 5.92. The molecule has 0 aliphatic carbocycles. The molecule has 0 saturated heterocycles. The molecule has 0 spiro atoms. The number of amides is 2. The summed E-state index contributed by atoms with van der Waals surface area (Å²) in [5, 5.41) is 5.82. The van der Waals surface area contributed by atoms with E-state index in [4.69, 9.17) is 4.74 Å². The Bertz CT molecular complexity index is 754. The van der Waals surface area contributed by atoms with Gasteiger partial charge in [0.15, 0.2) is 0 Å². The van der Waals surface area contributed by atoms with E-state index in [1.165, 1.54) is 6.92 Å². The second-order valence-electron chi connectivity index (χ2n) is 6.52. The van der Waals surface area contributed by atoms with Gasteiger partial charge in [-0.1, -0.05) is 44.2 Å². The fourth-order valence-electron chi connectivity index (χ4n) is 2.83. The van der Waals surface area contributed by atoms with Crippen LogP contribution in [0.15, 0.2) is 48.5 Å². The number of ether oxygens (including phenoxy) is 1. The minimum absolute atomic E-state index is 0.146. The standard InChI is InChI=1S/C21H26N2O3/c1-14(2)18-7-5-6-8-19(18)23-21(25)13-20(22-15(3)24)16-9-11-17(26-4)12-10-16/h5-12,14,20H,13H2,1-4H3,(H,22,24)(H,23,25)/t20-/m1/s1. The quantitative estimate of drug-likeness (QED) is 0.789. The Hall–Kier alpha value is -2.82. The predicted molar refractivity (Wildman–Crippen MR) is 103 cm³/mol. The first-order valence-electron chi connectivity index (χ1n) is 8.70. The van der Waals surface area contributed by atoms with Crippen LogP contribution in [-0.2, 0) is 9.59 Å². The van der Waals surface area contributed by atoms with Crippen molar-refractivity contribution in [1.82, 2.24) is 5.32 Å². The predicted octanol–water partition coefficient (Wildman–Crippen LogP) is 4.02. The summed E-state index contributed by atoms with van der Waals surface area (Å²) in [6.45, 7) is 5.62. The number of methoxy groups -OCH3 is 1. The van der Waals surface area contributed by atoms with Gasteiger partial charge in [-0.05, 0) is 35.2 Å². The van der Waals surface area contributed by atoms with E-state index >= 15 is 0 Å². The Morgan fingerprint density at radius 1 is 1.04 bits per heavy atom. The summed E-state index contributed by atoms with van der Waals surface area (Å²) in [7, 11) is 1.60. The Kier molecular flexibility index (Phi) is 6.78. The van der Waals surface area contributed by atoms with Gasteiger partial charge in [0.2, 0.25) is 11.8 Å². The van der Waals surface area contributed by atoms with E-state index in [1.54, 1.807) is 7.11 Å². The SMILES string of the molecule is COc1ccc([C@@H](CC(=O)Nc2ccccc2C(C)C)NC(C)=O)cc1. The van der Waals surface area contributed by atoms with Gasteiger partial charge in [0, 0.05) is 12.6 Å². The van der Waals surface area contributed by atoms with Gasteiger partial charge in [0.05, 0.1) is 19.6 Å². The van der Waals surface area contributed by atoms with E-state index in [-0.39, 0.29) is 18.2 Å². The minimum Gasteiger partial charge on any atom is -0.497 e. The van der Waals surface area contributed by atoms with Gasteiger partial charge in [0.25, 0.3) is 0 Å². The van der Waals surface area contributed by atoms with Crippen molar-refractivity contribution in [1.29, 1.82) is 0 Å². The van der Waals surface area contributed by atoms with E-state index in [9.17, 15) is 9.59 Å². The molecule has 2 rings (SSSR count). The molecule has 0 radical (unpaired) electrons. The molecule has 2 aromatic rings. The molecule has 0 aromatic heterocycles. The van der Waals surface area contributed by atoms with E-state index in [0.717, 1.165) is 22.6 Å². The summed E-state index contributed by atoms with van der Waals surface area (Å²) >= 11 is 0. The van der Waals surface area contributed by atoms with Crippen LogP contribution in [0.1, 0.15) is 50.3 Å². The zero-order chi connectivity index (χ0) is 19.1. The maximum Gasteiger partial charge on any atom is 0.226 e. The second-order valence-corrected chi connectivity index (χ2v) is 6.52. The van der Waals surface area contributed by atoms with Crippen LogP contribution < -0.4 is 15.4 Å². The van der Waals surface area contributed by atoms with Crippen molar-refractivity contribution in [3.63, 3.8) is 0 Å². The zero-order valence-corrected chi connectivity index (χ0v) is 15.7. The van der Waals surface area contributed by atoms with Crippen LogP contribution in [0.4, 0.5) is 5.69 Å². The summed E-state index contributed by atoms with van der Waals surface area (Å²) < 4.78 is 5.16. The van der Waals surface area contributed by atoms with Crippen molar-refractivity contribution in [2.45, 2.75) is 39.2 Å². The Labute approximate surface area is 154 Å². The smallest absolute Gasteiger partial charge is 0.226 e. The number of anilines is 1. The van der Waals surface area contributed by atoms with E-state index in [2.05, 4.69) is 24.5 Å². The van der Waals surface area contributed by atoms with Crippen molar-refractivity contribution in [2.24, 2.45) is 0 Å². The van der Waals surface area contributed by atoms with Crippen LogP contribution in [0.3, 0.4) is 0 Å². The van der Waals surface area contributed by atoms with E-state index in [0.29, 0.717) is 5.92 Å². The largest absolute Gasteiger partial charge is 0.497 e. The number of benzene rings is 2. The maximum absolute atomic E-state index is 12.6. The molecule has 0 heterocycles. The van der Waals surface area contributed by atoms with Crippen LogP contribution in [0, 0.1) is 0 Å². The number of nitrogens with one attached hydrogen (secondary N) is 2. The Balaban J connectivity index is 2.15. The number of carbonyl (C=O) groups is 2. The van der Waals surface area contributed by atoms with Gasteiger partial charge in [-0.15, -0.1) is 0 Å². The second kappa shape index (κ2) is 9.04. The highest BCUT2D eigenvalue weighted by Crippen LogP contribution is 2.25. The normalized spacial score (nSPS) is 11.7. The molecule has 2 amide bonds. The average Bonchev–Trinajstić information content (AvgIpc) is 2.61. The Morgan fingerprint density at radius 3 is 2.27 bits per heavy atom. The molecule has 0 saturated carbocycles. The van der Waals surface area contributed by atoms with Crippen LogP contribution >= 0.6 is 0 Å². The molecule has 0 unspecified atom stereocenters. The van der Waals surface area contributed by atoms with Gasteiger partial charge in [-0.2, -0.15) is 0 Å². The molecular weight excluding hydrogens is 328 g/mol. The first-order chi connectivity index (χ1) is 12.4. The van der Waals surface area contributed by atoms with Crippen molar-refractivity contribution < 1.29 is 14.3 Å². The van der Waals surface area contributed by atoms with Crippen molar-refractivity contribution in [3.8, 4) is 5.75 Å².